The molecule has 0 aliphatic rings. The highest BCUT2D eigenvalue weighted by Gasteiger charge is 2.34. The number of esters is 1. The lowest BCUT2D eigenvalue weighted by atomic mass is 10.1. The fourth-order valence-corrected chi connectivity index (χ4v) is 2.97. The van der Waals surface area contributed by atoms with Gasteiger partial charge in [-0.3, -0.25) is 4.79 Å². The Bertz CT molecular complexity index is 912. The van der Waals surface area contributed by atoms with Crippen molar-refractivity contribution >= 4 is 40.8 Å². The maximum absolute atomic E-state index is 14.4. The maximum Gasteiger partial charge on any atom is 0.446 e. The van der Waals surface area contributed by atoms with Crippen LogP contribution in [0.25, 0.3) is 5.53 Å². The second-order valence-electron chi connectivity index (χ2n) is 5.03. The van der Waals surface area contributed by atoms with E-state index in [0.29, 0.717) is 0 Å². The zero-order valence-electron chi connectivity index (χ0n) is 13.8. The van der Waals surface area contributed by atoms with Crippen LogP contribution in [0, 0.1) is 12.7 Å². The Hall–Kier alpha value is -2.54. The minimum Gasteiger partial charge on any atom is -0.457 e. The summed E-state index contributed by atoms with van der Waals surface area (Å²) >= 11 is 7.00. The van der Waals surface area contributed by atoms with Crippen LogP contribution in [-0.2, 0) is 9.53 Å². The molecule has 26 heavy (non-hydrogen) atoms. The second-order valence-corrected chi connectivity index (χ2v) is 6.45. The van der Waals surface area contributed by atoms with Crippen LogP contribution in [0.4, 0.5) is 4.39 Å². The first kappa shape index (κ1) is 19.8. The van der Waals surface area contributed by atoms with Gasteiger partial charge in [0.2, 0.25) is 0 Å². The topological polar surface area (TPSA) is 92.7 Å². The number of aryl methyl sites for hydroxylation is 1. The van der Waals surface area contributed by atoms with Crippen LogP contribution < -0.4 is 0 Å². The van der Waals surface area contributed by atoms with Crippen molar-refractivity contribution in [2.45, 2.75) is 23.8 Å². The number of rotatable bonds is 6. The molecule has 0 unspecified atom stereocenters. The monoisotopic (exact) mass is 393 g/mol. The molecular weight excluding hydrogens is 381 g/mol. The van der Waals surface area contributed by atoms with E-state index in [9.17, 15) is 14.0 Å². The van der Waals surface area contributed by atoms with Crippen LogP contribution in [-0.4, -0.2) is 33.8 Å². The normalized spacial score (nSPS) is 10.2. The van der Waals surface area contributed by atoms with E-state index in [0.717, 1.165) is 28.3 Å². The molecule has 0 bridgehead atoms. The standard InChI is InChI=1S/C17H13ClFN3O3S/c1-3-25-17(24)13(22-20)14(23)11-8-12(19)16(21-15(11)18)26-10-6-4-9(2)5-7-10/h4-8H,3H2,1-2H3. The number of hydrogen-bond acceptors (Lipinski definition) is 5. The number of aromatic nitrogens is 1. The van der Waals surface area contributed by atoms with E-state index in [1.54, 1.807) is 12.1 Å². The van der Waals surface area contributed by atoms with Gasteiger partial charge in [-0.15, -0.1) is 0 Å². The van der Waals surface area contributed by atoms with Gasteiger partial charge >= 0.3 is 11.7 Å². The number of pyridine rings is 1. The molecule has 6 nitrogen and oxygen atoms in total. The molecule has 1 aromatic carbocycles. The van der Waals surface area contributed by atoms with Crippen molar-refractivity contribution in [2.24, 2.45) is 0 Å². The number of halogens is 2. The zero-order chi connectivity index (χ0) is 19.3. The molecule has 0 atom stereocenters. The molecular formula is C17H13ClFN3O3S. The molecule has 9 heteroatoms. The first-order chi connectivity index (χ1) is 12.4. The Morgan fingerprint density at radius 2 is 2.00 bits per heavy atom. The van der Waals surface area contributed by atoms with Crippen LogP contribution in [0.5, 0.6) is 0 Å². The summed E-state index contributed by atoms with van der Waals surface area (Å²) < 4.78 is 19.0. The smallest absolute Gasteiger partial charge is 0.446 e. The van der Waals surface area contributed by atoms with Crippen LogP contribution in [0.15, 0.2) is 40.3 Å². The van der Waals surface area contributed by atoms with Crippen molar-refractivity contribution in [1.29, 1.82) is 0 Å². The summed E-state index contributed by atoms with van der Waals surface area (Å²) in [6.07, 6.45) is 0. The highest BCUT2D eigenvalue weighted by atomic mass is 35.5. The van der Waals surface area contributed by atoms with Gasteiger partial charge < -0.3 is 10.3 Å². The third kappa shape index (κ3) is 4.54. The predicted molar refractivity (Wildman–Crippen MR) is 94.1 cm³/mol. The molecule has 134 valence electrons. The lowest BCUT2D eigenvalue weighted by Gasteiger charge is -2.06. The number of nitrogens with zero attached hydrogens (tertiary/aromatic N) is 3. The van der Waals surface area contributed by atoms with Gasteiger partial charge in [-0.25, -0.2) is 14.2 Å². The minimum absolute atomic E-state index is 0.0302. The molecule has 2 aromatic rings. The van der Waals surface area contributed by atoms with Gasteiger partial charge in [-0.05, 0) is 32.0 Å². The van der Waals surface area contributed by atoms with Gasteiger partial charge in [0, 0.05) is 4.90 Å². The summed E-state index contributed by atoms with van der Waals surface area (Å²) in [6.45, 7) is 3.41. The molecule has 0 aliphatic carbocycles. The van der Waals surface area contributed by atoms with Crippen molar-refractivity contribution in [3.8, 4) is 0 Å². The molecule has 0 spiro atoms. The molecule has 0 fully saturated rings. The number of benzene rings is 1. The Morgan fingerprint density at radius 3 is 2.58 bits per heavy atom. The van der Waals surface area contributed by atoms with E-state index in [1.807, 2.05) is 19.1 Å². The fourth-order valence-electron chi connectivity index (χ4n) is 1.91. The van der Waals surface area contributed by atoms with E-state index < -0.39 is 28.8 Å². The van der Waals surface area contributed by atoms with E-state index in [2.05, 4.69) is 14.5 Å². The summed E-state index contributed by atoms with van der Waals surface area (Å²) in [5, 5.41) is -0.356. The van der Waals surface area contributed by atoms with Crippen molar-refractivity contribution in [1.82, 2.24) is 4.98 Å². The third-order valence-electron chi connectivity index (χ3n) is 3.16. The first-order valence-electron chi connectivity index (χ1n) is 7.41. The number of Topliss-reactive ketones (excluding diaryl/α,β-unsaturated/α-hetero) is 1. The number of carbonyl (C=O) groups is 2. The molecule has 2 rings (SSSR count). The quantitative estimate of drug-likeness (QED) is 0.142. The van der Waals surface area contributed by atoms with Crippen molar-refractivity contribution in [3.63, 3.8) is 0 Å². The molecule has 0 amide bonds. The molecule has 0 aliphatic heterocycles. The Morgan fingerprint density at radius 1 is 1.35 bits per heavy atom. The molecule has 1 aromatic heterocycles. The van der Waals surface area contributed by atoms with Gasteiger partial charge in [0.15, 0.2) is 5.82 Å². The molecule has 0 radical (unpaired) electrons. The lowest BCUT2D eigenvalue weighted by Crippen LogP contribution is -2.28. The van der Waals surface area contributed by atoms with E-state index in [-0.39, 0.29) is 16.8 Å². The Labute approximate surface area is 158 Å². The molecule has 0 N–H and O–H groups in total. The fraction of sp³-hybridized carbons (Fsp3) is 0.176. The average Bonchev–Trinajstić information content (AvgIpc) is 2.60. The van der Waals surface area contributed by atoms with Crippen LogP contribution in [0.3, 0.4) is 0 Å². The van der Waals surface area contributed by atoms with E-state index in [4.69, 9.17) is 17.1 Å². The van der Waals surface area contributed by atoms with Crippen LogP contribution in [0.1, 0.15) is 22.8 Å². The van der Waals surface area contributed by atoms with Crippen molar-refractivity contribution < 1.29 is 23.5 Å². The number of ether oxygens (including phenoxy) is 1. The molecule has 1 heterocycles. The van der Waals surface area contributed by atoms with Gasteiger partial charge in [-0.2, -0.15) is 4.79 Å². The highest BCUT2D eigenvalue weighted by Crippen LogP contribution is 2.31. The predicted octanol–water partition coefficient (Wildman–Crippen LogP) is 3.75. The Balaban J connectivity index is 2.33. The summed E-state index contributed by atoms with van der Waals surface area (Å²) in [7, 11) is 0. The number of carbonyl (C=O) groups excluding carboxylic acids is 2. The Kier molecular flexibility index (Phi) is 6.63. The second kappa shape index (κ2) is 8.71. The van der Waals surface area contributed by atoms with Gasteiger partial charge in [-0.1, -0.05) is 41.1 Å². The van der Waals surface area contributed by atoms with Gasteiger partial charge in [0.1, 0.15) is 10.2 Å². The first-order valence-corrected chi connectivity index (χ1v) is 8.61. The number of hydrogen-bond donors (Lipinski definition) is 0. The number of ketones is 1. The summed E-state index contributed by atoms with van der Waals surface area (Å²) in [4.78, 5) is 31.2. The van der Waals surface area contributed by atoms with Gasteiger partial charge in [0.25, 0.3) is 5.78 Å². The minimum atomic E-state index is -1.14. The highest BCUT2D eigenvalue weighted by molar-refractivity contribution is 7.99. The third-order valence-corrected chi connectivity index (χ3v) is 4.44. The van der Waals surface area contributed by atoms with Crippen LogP contribution in [0.2, 0.25) is 5.15 Å². The largest absolute Gasteiger partial charge is 0.457 e. The maximum atomic E-state index is 14.4. The lowest BCUT2D eigenvalue weighted by molar-refractivity contribution is -0.139. The molecule has 0 saturated heterocycles. The zero-order valence-corrected chi connectivity index (χ0v) is 15.4. The SMILES string of the molecule is CCOC(=O)C(=[N+]=[N-])C(=O)c1cc(F)c(Sc2ccc(C)cc2)nc1Cl. The van der Waals surface area contributed by atoms with E-state index in [1.165, 1.54) is 6.92 Å². The summed E-state index contributed by atoms with van der Waals surface area (Å²) in [6, 6.07) is 8.17. The average molecular weight is 394 g/mol. The van der Waals surface area contributed by atoms with Crippen molar-refractivity contribution in [2.75, 3.05) is 6.61 Å². The summed E-state index contributed by atoms with van der Waals surface area (Å²) in [5.74, 6) is -3.03. The summed E-state index contributed by atoms with van der Waals surface area (Å²) in [5.41, 5.74) is 8.63. The van der Waals surface area contributed by atoms with Crippen LogP contribution >= 0.6 is 23.4 Å². The molecule has 0 saturated carbocycles. The van der Waals surface area contributed by atoms with Gasteiger partial charge in [0.05, 0.1) is 12.2 Å². The van der Waals surface area contributed by atoms with Crippen molar-refractivity contribution in [3.05, 3.63) is 58.0 Å². The van der Waals surface area contributed by atoms with E-state index >= 15 is 0 Å².